The first-order valence-electron chi connectivity index (χ1n) is 6.34. The van der Waals surface area contributed by atoms with E-state index in [1.54, 1.807) is 24.3 Å². The zero-order chi connectivity index (χ0) is 14.7. The van der Waals surface area contributed by atoms with Crippen LogP contribution in [-0.2, 0) is 16.0 Å². The molecular weight excluding hydrogens is 346 g/mol. The molecule has 2 unspecified atom stereocenters. The van der Waals surface area contributed by atoms with Gasteiger partial charge in [0, 0.05) is 29.7 Å². The smallest absolute Gasteiger partial charge is 0.326 e. The van der Waals surface area contributed by atoms with Crippen molar-refractivity contribution in [3.8, 4) is 0 Å². The number of amides is 1. The number of rotatable bonds is 5. The van der Waals surface area contributed by atoms with Gasteiger partial charge in [-0.3, -0.25) is 4.79 Å². The molecule has 0 spiro atoms. The van der Waals surface area contributed by atoms with Crippen LogP contribution in [-0.4, -0.2) is 39.8 Å². The van der Waals surface area contributed by atoms with Crippen LogP contribution in [0.2, 0.25) is 5.02 Å². The molecule has 20 heavy (non-hydrogen) atoms. The lowest BCUT2D eigenvalue weighted by atomic mass is 10.0. The van der Waals surface area contributed by atoms with E-state index in [4.69, 9.17) is 11.6 Å². The lowest BCUT2D eigenvalue weighted by Gasteiger charge is -2.24. The summed E-state index contributed by atoms with van der Waals surface area (Å²) in [5, 5.41) is 10.7. The van der Waals surface area contributed by atoms with Crippen LogP contribution in [0.15, 0.2) is 24.3 Å². The van der Waals surface area contributed by atoms with Crippen LogP contribution < -0.4 is 0 Å². The highest BCUT2D eigenvalue weighted by atomic mass is 79.9. The predicted octanol–water partition coefficient (Wildman–Crippen LogP) is 2.58. The fraction of sp³-hybridized carbons (Fsp3) is 0.429. The summed E-state index contributed by atoms with van der Waals surface area (Å²) in [6.45, 7) is 0.495. The zero-order valence-corrected chi connectivity index (χ0v) is 13.1. The molecule has 0 saturated carbocycles. The molecule has 1 aliphatic rings. The van der Waals surface area contributed by atoms with E-state index in [1.165, 1.54) is 4.90 Å². The minimum absolute atomic E-state index is 0.0872. The van der Waals surface area contributed by atoms with E-state index in [2.05, 4.69) is 15.9 Å². The Labute approximate surface area is 130 Å². The summed E-state index contributed by atoms with van der Waals surface area (Å²) in [7, 11) is 0. The lowest BCUT2D eigenvalue weighted by molar-refractivity contribution is -0.148. The average molecular weight is 361 g/mol. The molecule has 4 nitrogen and oxygen atoms in total. The van der Waals surface area contributed by atoms with Gasteiger partial charge in [0.05, 0.1) is 0 Å². The van der Waals surface area contributed by atoms with Gasteiger partial charge in [0.1, 0.15) is 6.04 Å². The van der Waals surface area contributed by atoms with Crippen LogP contribution in [0.25, 0.3) is 0 Å². The highest BCUT2D eigenvalue weighted by Gasteiger charge is 2.37. The summed E-state index contributed by atoms with van der Waals surface area (Å²) in [5.74, 6) is -0.867. The minimum Gasteiger partial charge on any atom is -0.480 e. The SMILES string of the molecule is O=C(O)C(Cc1ccc(Cl)cc1)N1CC(CBr)CC1=O. The van der Waals surface area contributed by atoms with E-state index >= 15 is 0 Å². The van der Waals surface area contributed by atoms with Gasteiger partial charge in [0.2, 0.25) is 5.91 Å². The van der Waals surface area contributed by atoms with Gasteiger partial charge in [-0.05, 0) is 23.6 Å². The molecule has 2 atom stereocenters. The fourth-order valence-electron chi connectivity index (χ4n) is 2.39. The Balaban J connectivity index is 2.13. The van der Waals surface area contributed by atoms with Gasteiger partial charge >= 0.3 is 5.97 Å². The van der Waals surface area contributed by atoms with Crippen molar-refractivity contribution in [1.82, 2.24) is 4.90 Å². The predicted molar refractivity (Wildman–Crippen MR) is 80.2 cm³/mol. The topological polar surface area (TPSA) is 57.6 Å². The molecule has 1 amide bonds. The van der Waals surface area contributed by atoms with Crippen LogP contribution in [0, 0.1) is 5.92 Å². The molecule has 6 heteroatoms. The summed E-state index contributed by atoms with van der Waals surface area (Å²) in [5.41, 5.74) is 0.858. The molecular formula is C14H15BrClNO3. The van der Waals surface area contributed by atoms with Gasteiger partial charge in [-0.15, -0.1) is 0 Å². The maximum absolute atomic E-state index is 12.0. The summed E-state index contributed by atoms with van der Waals surface area (Å²) < 4.78 is 0. The van der Waals surface area contributed by atoms with E-state index in [0.29, 0.717) is 29.7 Å². The molecule has 1 aromatic rings. The van der Waals surface area contributed by atoms with Gasteiger partial charge in [0.15, 0.2) is 0 Å². The Morgan fingerprint density at radius 1 is 1.45 bits per heavy atom. The molecule has 1 aliphatic heterocycles. The summed E-state index contributed by atoms with van der Waals surface area (Å²) in [6.07, 6.45) is 0.711. The number of carboxylic acids is 1. The number of carbonyl (C=O) groups excluding carboxylic acids is 1. The van der Waals surface area contributed by atoms with Crippen molar-refractivity contribution in [2.24, 2.45) is 5.92 Å². The number of carbonyl (C=O) groups is 2. The van der Waals surface area contributed by atoms with E-state index in [9.17, 15) is 14.7 Å². The maximum Gasteiger partial charge on any atom is 0.326 e. The number of likely N-dealkylation sites (tertiary alicyclic amines) is 1. The average Bonchev–Trinajstić information content (AvgIpc) is 2.79. The first-order valence-corrected chi connectivity index (χ1v) is 7.84. The number of aliphatic carboxylic acids is 1. The third-order valence-electron chi connectivity index (χ3n) is 3.46. The number of hydrogen-bond donors (Lipinski definition) is 1. The molecule has 108 valence electrons. The summed E-state index contributed by atoms with van der Waals surface area (Å²) in [6, 6.07) is 6.22. The lowest BCUT2D eigenvalue weighted by Crippen LogP contribution is -2.43. The monoisotopic (exact) mass is 359 g/mol. The quantitative estimate of drug-likeness (QED) is 0.821. The third kappa shape index (κ3) is 3.52. The maximum atomic E-state index is 12.0. The zero-order valence-electron chi connectivity index (χ0n) is 10.8. The Bertz CT molecular complexity index is 506. The second-order valence-corrected chi connectivity index (χ2v) is 6.04. The second kappa shape index (κ2) is 6.59. The van der Waals surface area contributed by atoms with Crippen molar-refractivity contribution in [2.45, 2.75) is 18.9 Å². The molecule has 0 radical (unpaired) electrons. The van der Waals surface area contributed by atoms with Crippen LogP contribution >= 0.6 is 27.5 Å². The first-order chi connectivity index (χ1) is 9.51. The second-order valence-electron chi connectivity index (χ2n) is 4.96. The van der Waals surface area contributed by atoms with Crippen molar-refractivity contribution < 1.29 is 14.7 Å². The van der Waals surface area contributed by atoms with Crippen molar-refractivity contribution in [3.63, 3.8) is 0 Å². The van der Waals surface area contributed by atoms with Crippen LogP contribution in [0.3, 0.4) is 0 Å². The van der Waals surface area contributed by atoms with Crippen molar-refractivity contribution >= 4 is 39.4 Å². The Hall–Kier alpha value is -1.07. The number of hydrogen-bond acceptors (Lipinski definition) is 2. The third-order valence-corrected chi connectivity index (χ3v) is 4.63. The number of alkyl halides is 1. The van der Waals surface area contributed by atoms with Crippen molar-refractivity contribution in [2.75, 3.05) is 11.9 Å². The van der Waals surface area contributed by atoms with Crippen molar-refractivity contribution in [3.05, 3.63) is 34.9 Å². The van der Waals surface area contributed by atoms with E-state index in [-0.39, 0.29) is 11.8 Å². The highest BCUT2D eigenvalue weighted by Crippen LogP contribution is 2.24. The van der Waals surface area contributed by atoms with E-state index in [0.717, 1.165) is 5.56 Å². The van der Waals surface area contributed by atoms with Crippen LogP contribution in [0.5, 0.6) is 0 Å². The Morgan fingerprint density at radius 2 is 2.10 bits per heavy atom. The fourth-order valence-corrected chi connectivity index (χ4v) is 2.95. The molecule has 0 aromatic heterocycles. The Kier molecular flexibility index (Phi) is 5.05. The van der Waals surface area contributed by atoms with Crippen LogP contribution in [0.4, 0.5) is 0 Å². The number of benzene rings is 1. The van der Waals surface area contributed by atoms with E-state index < -0.39 is 12.0 Å². The van der Waals surface area contributed by atoms with Gasteiger partial charge in [-0.1, -0.05) is 39.7 Å². The van der Waals surface area contributed by atoms with Crippen molar-refractivity contribution in [1.29, 1.82) is 0 Å². The molecule has 1 N–H and O–H groups in total. The van der Waals surface area contributed by atoms with E-state index in [1.807, 2.05) is 0 Å². The molecule has 1 fully saturated rings. The number of nitrogens with zero attached hydrogens (tertiary/aromatic N) is 1. The van der Waals surface area contributed by atoms with Gasteiger partial charge < -0.3 is 10.0 Å². The Morgan fingerprint density at radius 3 is 2.60 bits per heavy atom. The van der Waals surface area contributed by atoms with Gasteiger partial charge in [-0.25, -0.2) is 4.79 Å². The summed E-state index contributed by atoms with van der Waals surface area (Å²) in [4.78, 5) is 24.9. The highest BCUT2D eigenvalue weighted by molar-refractivity contribution is 9.09. The standard InChI is InChI=1S/C14H15BrClNO3/c15-7-10-6-13(18)17(8-10)12(14(19)20)5-9-1-3-11(16)4-2-9/h1-4,10,12H,5-8H2,(H,19,20). The normalized spacial score (nSPS) is 20.2. The van der Waals surface area contributed by atoms with Gasteiger partial charge in [-0.2, -0.15) is 0 Å². The minimum atomic E-state index is -0.969. The molecule has 0 bridgehead atoms. The molecule has 1 heterocycles. The summed E-state index contributed by atoms with van der Waals surface area (Å²) >= 11 is 9.16. The van der Waals surface area contributed by atoms with Crippen LogP contribution in [0.1, 0.15) is 12.0 Å². The molecule has 1 aromatic carbocycles. The van der Waals surface area contributed by atoms with Gasteiger partial charge in [0.25, 0.3) is 0 Å². The molecule has 1 saturated heterocycles. The molecule has 0 aliphatic carbocycles. The first kappa shape index (κ1) is 15.3. The largest absolute Gasteiger partial charge is 0.480 e. The number of carboxylic acid groups (broad SMARTS) is 1. The number of halogens is 2. The molecule has 2 rings (SSSR count).